The number of hydrogen-bond acceptors (Lipinski definition) is 6. The van der Waals surface area contributed by atoms with Crippen molar-refractivity contribution in [3.8, 4) is 0 Å². The SMILES string of the molecule is CC[C@@H](C)CCCCSc1ccc(NC(=O)c2cc(CCNC(=O)OC(C)(C)C)cc(N(C)S(C)(=O)=O)c2)cc1. The minimum Gasteiger partial charge on any atom is -0.444 e. The molecule has 8 nitrogen and oxygen atoms in total. The van der Waals surface area contributed by atoms with Gasteiger partial charge in [-0.3, -0.25) is 9.10 Å². The summed E-state index contributed by atoms with van der Waals surface area (Å²) in [6.45, 7) is 10.1. The molecule has 0 saturated carbocycles. The summed E-state index contributed by atoms with van der Waals surface area (Å²) in [6.07, 6.45) is 5.87. The lowest BCUT2D eigenvalue weighted by atomic mass is 10.0. The number of carbonyl (C=O) groups is 2. The van der Waals surface area contributed by atoms with Crippen LogP contribution >= 0.6 is 11.8 Å². The van der Waals surface area contributed by atoms with Crippen LogP contribution in [-0.2, 0) is 21.2 Å². The Morgan fingerprint density at radius 1 is 1.07 bits per heavy atom. The summed E-state index contributed by atoms with van der Waals surface area (Å²) in [4.78, 5) is 26.3. The van der Waals surface area contributed by atoms with Crippen LogP contribution in [-0.4, -0.2) is 51.6 Å². The van der Waals surface area contributed by atoms with Crippen molar-refractivity contribution in [3.63, 3.8) is 0 Å². The molecule has 0 heterocycles. The van der Waals surface area contributed by atoms with Gasteiger partial charge in [0.25, 0.3) is 5.91 Å². The number of unbranched alkanes of at least 4 members (excludes halogenated alkanes) is 1. The van der Waals surface area contributed by atoms with Crippen molar-refractivity contribution >= 4 is 45.2 Å². The van der Waals surface area contributed by atoms with Crippen LogP contribution in [0.4, 0.5) is 16.2 Å². The number of carbonyl (C=O) groups excluding carboxylic acids is 2. The number of anilines is 2. The molecule has 0 aliphatic rings. The Labute approximate surface area is 244 Å². The fourth-order valence-electron chi connectivity index (χ4n) is 3.77. The number of nitrogens with one attached hydrogen (secondary N) is 2. The van der Waals surface area contributed by atoms with Crippen LogP contribution in [0.3, 0.4) is 0 Å². The number of ether oxygens (including phenoxy) is 1. The van der Waals surface area contributed by atoms with Gasteiger partial charge in [0.15, 0.2) is 0 Å². The van der Waals surface area contributed by atoms with E-state index in [4.69, 9.17) is 4.74 Å². The van der Waals surface area contributed by atoms with E-state index in [1.54, 1.807) is 39.0 Å². The molecule has 0 aliphatic carbocycles. The fraction of sp³-hybridized carbons (Fsp3) is 0.533. The van der Waals surface area contributed by atoms with Gasteiger partial charge in [-0.1, -0.05) is 33.1 Å². The second-order valence-electron chi connectivity index (χ2n) is 11.1. The van der Waals surface area contributed by atoms with Gasteiger partial charge in [-0.25, -0.2) is 13.2 Å². The molecule has 2 aromatic carbocycles. The van der Waals surface area contributed by atoms with Gasteiger partial charge in [-0.05, 0) is 93.3 Å². The largest absolute Gasteiger partial charge is 0.444 e. The predicted molar refractivity (Wildman–Crippen MR) is 166 cm³/mol. The van der Waals surface area contributed by atoms with Crippen molar-refractivity contribution in [2.45, 2.75) is 77.2 Å². The van der Waals surface area contributed by atoms with Gasteiger partial charge in [0.1, 0.15) is 5.60 Å². The zero-order valence-corrected chi connectivity index (χ0v) is 26.5. The maximum Gasteiger partial charge on any atom is 0.407 e. The maximum atomic E-state index is 13.2. The Balaban J connectivity index is 2.07. The first-order chi connectivity index (χ1) is 18.7. The van der Waals surface area contributed by atoms with Crippen molar-refractivity contribution in [1.29, 1.82) is 0 Å². The smallest absolute Gasteiger partial charge is 0.407 e. The maximum absolute atomic E-state index is 13.2. The first-order valence-electron chi connectivity index (χ1n) is 13.8. The monoisotopic (exact) mass is 591 g/mol. The summed E-state index contributed by atoms with van der Waals surface area (Å²) >= 11 is 1.81. The summed E-state index contributed by atoms with van der Waals surface area (Å²) in [5.74, 6) is 1.50. The van der Waals surface area contributed by atoms with E-state index in [0.29, 0.717) is 28.9 Å². The Bertz CT molecular complexity index is 1220. The molecule has 0 saturated heterocycles. The van der Waals surface area contributed by atoms with Gasteiger partial charge in [0.05, 0.1) is 11.9 Å². The molecule has 2 amide bonds. The molecule has 0 radical (unpaired) electrons. The molecule has 2 N–H and O–H groups in total. The van der Waals surface area contributed by atoms with Gasteiger partial charge in [-0.15, -0.1) is 11.8 Å². The quantitative estimate of drug-likeness (QED) is 0.187. The molecule has 2 rings (SSSR count). The number of rotatable bonds is 14. The van der Waals surface area contributed by atoms with Crippen molar-refractivity contribution in [2.75, 3.05) is 35.2 Å². The second kappa shape index (κ2) is 15.3. The van der Waals surface area contributed by atoms with Crippen molar-refractivity contribution in [2.24, 2.45) is 5.92 Å². The Morgan fingerprint density at radius 2 is 1.75 bits per heavy atom. The highest BCUT2D eigenvalue weighted by molar-refractivity contribution is 7.99. The number of sulfonamides is 1. The Hall–Kier alpha value is -2.72. The van der Waals surface area contributed by atoms with E-state index in [2.05, 4.69) is 24.5 Å². The van der Waals surface area contributed by atoms with Crippen LogP contribution in [0.15, 0.2) is 47.4 Å². The van der Waals surface area contributed by atoms with Crippen LogP contribution in [0.2, 0.25) is 0 Å². The summed E-state index contributed by atoms with van der Waals surface area (Å²) in [5.41, 5.74) is 1.43. The van der Waals surface area contributed by atoms with Gasteiger partial charge in [-0.2, -0.15) is 0 Å². The van der Waals surface area contributed by atoms with E-state index in [0.717, 1.165) is 27.1 Å². The third kappa shape index (κ3) is 12.2. The first kappa shape index (κ1) is 33.5. The molecule has 1 atom stereocenters. The van der Waals surface area contributed by atoms with Crippen LogP contribution in [0.25, 0.3) is 0 Å². The third-order valence-electron chi connectivity index (χ3n) is 6.35. The minimum absolute atomic E-state index is 0.263. The summed E-state index contributed by atoms with van der Waals surface area (Å²) in [5, 5.41) is 5.60. The summed E-state index contributed by atoms with van der Waals surface area (Å²) in [6, 6.07) is 12.7. The molecule has 0 aliphatic heterocycles. The van der Waals surface area contributed by atoms with Gasteiger partial charge in [0.2, 0.25) is 10.0 Å². The van der Waals surface area contributed by atoms with Crippen molar-refractivity contribution in [3.05, 3.63) is 53.6 Å². The highest BCUT2D eigenvalue weighted by atomic mass is 32.2. The average molecular weight is 592 g/mol. The molecular weight excluding hydrogens is 546 g/mol. The molecule has 222 valence electrons. The zero-order valence-electron chi connectivity index (χ0n) is 24.9. The van der Waals surface area contributed by atoms with E-state index in [1.165, 1.54) is 32.7 Å². The normalized spacial score (nSPS) is 12.5. The lowest BCUT2D eigenvalue weighted by Crippen LogP contribution is -2.33. The number of hydrogen-bond donors (Lipinski definition) is 2. The average Bonchev–Trinajstić information content (AvgIpc) is 2.87. The van der Waals surface area contributed by atoms with E-state index in [-0.39, 0.29) is 12.5 Å². The highest BCUT2D eigenvalue weighted by Crippen LogP contribution is 2.25. The summed E-state index contributed by atoms with van der Waals surface area (Å²) in [7, 11) is -2.10. The topological polar surface area (TPSA) is 105 Å². The molecule has 10 heteroatoms. The number of benzene rings is 2. The van der Waals surface area contributed by atoms with Gasteiger partial charge >= 0.3 is 6.09 Å². The van der Waals surface area contributed by atoms with Crippen LogP contribution in [0.1, 0.15) is 76.2 Å². The Morgan fingerprint density at radius 3 is 2.35 bits per heavy atom. The van der Waals surface area contributed by atoms with Gasteiger partial charge < -0.3 is 15.4 Å². The zero-order chi connectivity index (χ0) is 29.9. The number of alkyl carbamates (subject to hydrolysis) is 1. The van der Waals surface area contributed by atoms with Crippen molar-refractivity contribution < 1.29 is 22.7 Å². The minimum atomic E-state index is -3.54. The third-order valence-corrected chi connectivity index (χ3v) is 8.66. The van der Waals surface area contributed by atoms with E-state index in [9.17, 15) is 18.0 Å². The second-order valence-corrected chi connectivity index (χ2v) is 14.3. The highest BCUT2D eigenvalue weighted by Gasteiger charge is 2.18. The molecule has 40 heavy (non-hydrogen) atoms. The fourth-order valence-corrected chi connectivity index (χ4v) is 5.17. The first-order valence-corrected chi connectivity index (χ1v) is 16.6. The molecule has 0 fully saturated rings. The number of amides is 2. The van der Waals surface area contributed by atoms with Gasteiger partial charge in [0, 0.05) is 29.7 Å². The van der Waals surface area contributed by atoms with Crippen LogP contribution in [0, 0.1) is 5.92 Å². The summed E-state index contributed by atoms with van der Waals surface area (Å²) < 4.78 is 30.8. The standard InChI is InChI=1S/C30H45N3O5S2/c1-8-22(2)11-9-10-18-39-27-14-12-25(13-15-27)32-28(34)24-19-23(16-17-31-29(35)38-30(3,4)5)20-26(21-24)33(6)40(7,36)37/h12-15,19-22H,8-11,16-18H2,1-7H3,(H,31,35)(H,32,34)/t22-/m1/s1. The number of nitrogens with zero attached hydrogens (tertiary/aromatic N) is 1. The molecule has 2 aromatic rings. The van der Waals surface area contributed by atoms with Crippen LogP contribution in [0.5, 0.6) is 0 Å². The van der Waals surface area contributed by atoms with E-state index in [1.807, 2.05) is 36.0 Å². The lowest BCUT2D eigenvalue weighted by molar-refractivity contribution is 0.0528. The Kier molecular flexibility index (Phi) is 12.8. The number of thioether (sulfide) groups is 1. The lowest BCUT2D eigenvalue weighted by Gasteiger charge is -2.20. The van der Waals surface area contributed by atoms with E-state index < -0.39 is 21.7 Å². The molecule has 0 aromatic heterocycles. The molecule has 0 bridgehead atoms. The molecule has 0 unspecified atom stereocenters. The van der Waals surface area contributed by atoms with Crippen molar-refractivity contribution in [1.82, 2.24) is 5.32 Å². The van der Waals surface area contributed by atoms with E-state index >= 15 is 0 Å². The molecule has 0 spiro atoms. The van der Waals surface area contributed by atoms with Crippen LogP contribution < -0.4 is 14.9 Å². The predicted octanol–water partition coefficient (Wildman–Crippen LogP) is 6.71. The molecular formula is C30H45N3O5S2.